The number of pyridine rings is 1. The summed E-state index contributed by atoms with van der Waals surface area (Å²) in [4.78, 5) is 16.1. The average Bonchev–Trinajstić information content (AvgIpc) is 2.76. The molecule has 2 N–H and O–H groups in total. The number of carbonyl (C=O) groups excluding carboxylic acids is 1. The van der Waals surface area contributed by atoms with Gasteiger partial charge in [-0.15, -0.1) is 0 Å². The molecule has 0 aliphatic heterocycles. The quantitative estimate of drug-likeness (QED) is 0.918. The number of aromatic nitrogens is 3. The lowest BCUT2D eigenvalue weighted by Gasteiger charge is -2.30. The van der Waals surface area contributed by atoms with E-state index in [1.54, 1.807) is 10.9 Å². The summed E-state index contributed by atoms with van der Waals surface area (Å²) in [6, 6.07) is 3.91. The van der Waals surface area contributed by atoms with E-state index in [4.69, 9.17) is 5.73 Å². The maximum Gasteiger partial charge on any atom is 0.269 e. The Morgan fingerprint density at radius 3 is 2.86 bits per heavy atom. The normalized spacial score (nSPS) is 16.5. The lowest BCUT2D eigenvalue weighted by molar-refractivity contribution is 0.0994. The van der Waals surface area contributed by atoms with Crippen molar-refractivity contribution in [2.75, 3.05) is 0 Å². The molecule has 5 heteroatoms. The number of primary amides is 1. The van der Waals surface area contributed by atoms with Gasteiger partial charge in [0, 0.05) is 11.8 Å². The Morgan fingerprint density at radius 1 is 1.43 bits per heavy atom. The second-order valence-corrected chi connectivity index (χ2v) is 6.58. The minimum Gasteiger partial charge on any atom is -0.364 e. The van der Waals surface area contributed by atoms with Crippen LogP contribution in [0.4, 0.5) is 0 Å². The van der Waals surface area contributed by atoms with Gasteiger partial charge < -0.3 is 5.73 Å². The van der Waals surface area contributed by atoms with Crippen LogP contribution in [0.3, 0.4) is 0 Å². The molecule has 2 aromatic heterocycles. The van der Waals surface area contributed by atoms with Crippen molar-refractivity contribution in [2.45, 2.75) is 40.0 Å². The Hall–Kier alpha value is -2.17. The van der Waals surface area contributed by atoms with Crippen LogP contribution in [0.2, 0.25) is 0 Å². The SMILES string of the molecule is Cc1ccnc(-n2nc(C(N)=O)c3c2CC(C)(C)CC3)c1. The summed E-state index contributed by atoms with van der Waals surface area (Å²) in [6.45, 7) is 6.49. The first kappa shape index (κ1) is 13.8. The number of nitrogens with zero attached hydrogens (tertiary/aromatic N) is 3. The van der Waals surface area contributed by atoms with Gasteiger partial charge in [-0.25, -0.2) is 9.67 Å². The van der Waals surface area contributed by atoms with Gasteiger partial charge >= 0.3 is 0 Å². The van der Waals surface area contributed by atoms with Crippen molar-refractivity contribution >= 4 is 5.91 Å². The van der Waals surface area contributed by atoms with Crippen molar-refractivity contribution in [1.82, 2.24) is 14.8 Å². The van der Waals surface area contributed by atoms with Crippen LogP contribution in [0.25, 0.3) is 5.82 Å². The van der Waals surface area contributed by atoms with Crippen LogP contribution in [-0.4, -0.2) is 20.7 Å². The number of rotatable bonds is 2. The first-order valence-corrected chi connectivity index (χ1v) is 7.21. The van der Waals surface area contributed by atoms with Crippen LogP contribution in [-0.2, 0) is 12.8 Å². The van der Waals surface area contributed by atoms with E-state index in [0.717, 1.165) is 41.9 Å². The summed E-state index contributed by atoms with van der Waals surface area (Å²) in [5, 5.41) is 4.45. The number of hydrogen-bond donors (Lipinski definition) is 1. The van der Waals surface area contributed by atoms with Gasteiger partial charge in [-0.2, -0.15) is 5.10 Å². The second kappa shape index (κ2) is 4.69. The van der Waals surface area contributed by atoms with E-state index in [1.165, 1.54) is 0 Å². The number of fused-ring (bicyclic) bond motifs is 1. The third-order valence-electron chi connectivity index (χ3n) is 4.14. The molecule has 2 aromatic rings. The standard InChI is InChI=1S/C16H20N4O/c1-10-5-7-18-13(8-10)20-12-9-16(2,3)6-4-11(12)14(19-20)15(17)21/h5,7-8H,4,6,9H2,1-3H3,(H2,17,21). The van der Waals surface area contributed by atoms with E-state index in [2.05, 4.69) is 23.9 Å². The molecule has 1 aliphatic rings. The third-order valence-corrected chi connectivity index (χ3v) is 4.14. The fourth-order valence-corrected chi connectivity index (χ4v) is 2.96. The van der Waals surface area contributed by atoms with Gasteiger partial charge in [-0.3, -0.25) is 4.79 Å². The zero-order valence-electron chi connectivity index (χ0n) is 12.7. The van der Waals surface area contributed by atoms with Gasteiger partial charge in [-0.05, 0) is 49.3 Å². The first-order valence-electron chi connectivity index (χ1n) is 7.21. The first-order chi connectivity index (χ1) is 9.87. The van der Waals surface area contributed by atoms with E-state index < -0.39 is 5.91 Å². The predicted octanol–water partition coefficient (Wildman–Crippen LogP) is 2.19. The lowest BCUT2D eigenvalue weighted by atomic mass is 9.76. The largest absolute Gasteiger partial charge is 0.364 e. The molecule has 0 saturated carbocycles. The van der Waals surface area contributed by atoms with Crippen LogP contribution < -0.4 is 5.73 Å². The molecule has 0 spiro atoms. The Labute approximate surface area is 124 Å². The Kier molecular flexibility index (Phi) is 3.08. The number of hydrogen-bond acceptors (Lipinski definition) is 3. The molecule has 0 unspecified atom stereocenters. The maximum absolute atomic E-state index is 11.7. The van der Waals surface area contributed by atoms with Crippen molar-refractivity contribution in [3.63, 3.8) is 0 Å². The van der Waals surface area contributed by atoms with Crippen LogP contribution in [0.1, 0.15) is 47.6 Å². The molecule has 110 valence electrons. The highest BCUT2D eigenvalue weighted by atomic mass is 16.1. The fourth-order valence-electron chi connectivity index (χ4n) is 2.96. The molecule has 1 aliphatic carbocycles. The minimum absolute atomic E-state index is 0.198. The third kappa shape index (κ3) is 2.44. The average molecular weight is 284 g/mol. The van der Waals surface area contributed by atoms with Crippen molar-refractivity contribution in [2.24, 2.45) is 11.1 Å². The molecule has 0 radical (unpaired) electrons. The highest BCUT2D eigenvalue weighted by molar-refractivity contribution is 5.92. The number of aryl methyl sites for hydroxylation is 1. The van der Waals surface area contributed by atoms with Crippen LogP contribution in [0, 0.1) is 12.3 Å². The summed E-state index contributed by atoms with van der Waals surface area (Å²) in [6.07, 6.45) is 4.51. The van der Waals surface area contributed by atoms with Crippen LogP contribution in [0.15, 0.2) is 18.3 Å². The fraction of sp³-hybridized carbons (Fsp3) is 0.438. The molecule has 0 saturated heterocycles. The van der Waals surface area contributed by atoms with Crippen molar-refractivity contribution in [1.29, 1.82) is 0 Å². The molecule has 21 heavy (non-hydrogen) atoms. The summed E-state index contributed by atoms with van der Waals surface area (Å²) < 4.78 is 1.79. The van der Waals surface area contributed by atoms with E-state index in [0.29, 0.717) is 5.69 Å². The molecule has 3 rings (SSSR count). The van der Waals surface area contributed by atoms with E-state index in [1.807, 2.05) is 19.1 Å². The van der Waals surface area contributed by atoms with Gasteiger partial charge in [0.05, 0.1) is 5.69 Å². The molecule has 2 heterocycles. The summed E-state index contributed by atoms with van der Waals surface area (Å²) in [5.41, 5.74) is 9.25. The van der Waals surface area contributed by atoms with Crippen molar-refractivity contribution in [3.8, 4) is 5.82 Å². The second-order valence-electron chi connectivity index (χ2n) is 6.58. The van der Waals surface area contributed by atoms with Crippen molar-refractivity contribution < 1.29 is 4.79 Å². The zero-order chi connectivity index (χ0) is 15.2. The number of nitrogens with two attached hydrogens (primary N) is 1. The van der Waals surface area contributed by atoms with E-state index >= 15 is 0 Å². The van der Waals surface area contributed by atoms with Gasteiger partial charge in [0.25, 0.3) is 5.91 Å². The predicted molar refractivity (Wildman–Crippen MR) is 80.4 cm³/mol. The summed E-state index contributed by atoms with van der Waals surface area (Å²) in [7, 11) is 0. The minimum atomic E-state index is -0.461. The zero-order valence-corrected chi connectivity index (χ0v) is 12.7. The molecular formula is C16H20N4O. The molecule has 0 atom stereocenters. The number of carbonyl (C=O) groups is 1. The number of amides is 1. The lowest BCUT2D eigenvalue weighted by Crippen LogP contribution is -2.24. The van der Waals surface area contributed by atoms with E-state index in [9.17, 15) is 4.79 Å². The van der Waals surface area contributed by atoms with Crippen LogP contribution >= 0.6 is 0 Å². The van der Waals surface area contributed by atoms with Gasteiger partial charge in [0.1, 0.15) is 0 Å². The molecular weight excluding hydrogens is 264 g/mol. The van der Waals surface area contributed by atoms with Gasteiger partial charge in [0.2, 0.25) is 0 Å². The molecule has 0 aromatic carbocycles. The molecule has 0 fully saturated rings. The van der Waals surface area contributed by atoms with E-state index in [-0.39, 0.29) is 5.41 Å². The van der Waals surface area contributed by atoms with Gasteiger partial charge in [0.15, 0.2) is 11.5 Å². The Bertz CT molecular complexity index is 715. The topological polar surface area (TPSA) is 73.8 Å². The molecule has 0 bridgehead atoms. The maximum atomic E-state index is 11.7. The summed E-state index contributed by atoms with van der Waals surface area (Å²) in [5.74, 6) is 0.286. The summed E-state index contributed by atoms with van der Waals surface area (Å²) >= 11 is 0. The van der Waals surface area contributed by atoms with Crippen molar-refractivity contribution in [3.05, 3.63) is 40.8 Å². The van der Waals surface area contributed by atoms with Crippen LogP contribution in [0.5, 0.6) is 0 Å². The smallest absolute Gasteiger partial charge is 0.269 e. The highest BCUT2D eigenvalue weighted by Gasteiger charge is 2.32. The Balaban J connectivity index is 2.19. The molecule has 5 nitrogen and oxygen atoms in total. The Morgan fingerprint density at radius 2 is 2.19 bits per heavy atom. The molecule has 1 amide bonds. The van der Waals surface area contributed by atoms with Gasteiger partial charge in [-0.1, -0.05) is 13.8 Å². The highest BCUT2D eigenvalue weighted by Crippen LogP contribution is 2.36. The monoisotopic (exact) mass is 284 g/mol.